The number of amides is 1. The highest BCUT2D eigenvalue weighted by atomic mass is 16.3. The van der Waals surface area contributed by atoms with Crippen molar-refractivity contribution in [3.05, 3.63) is 58.6 Å². The quantitative estimate of drug-likeness (QED) is 0.725. The van der Waals surface area contributed by atoms with Gasteiger partial charge in [0.2, 0.25) is 5.91 Å². The molecule has 0 saturated heterocycles. The fraction of sp³-hybridized carbons (Fsp3) is 0.294. The SMILES string of the molecule is Cc1cc(C)n(CCNC(=O)Cn2cnc(-c3ccco3)cc2=O)n1. The van der Waals surface area contributed by atoms with Crippen molar-refractivity contribution in [2.24, 2.45) is 0 Å². The summed E-state index contributed by atoms with van der Waals surface area (Å²) in [5.74, 6) is 0.259. The third kappa shape index (κ3) is 4.03. The molecule has 1 N–H and O–H groups in total. The van der Waals surface area contributed by atoms with Gasteiger partial charge in [-0.15, -0.1) is 0 Å². The Morgan fingerprint density at radius 3 is 2.80 bits per heavy atom. The molecule has 8 nitrogen and oxygen atoms in total. The summed E-state index contributed by atoms with van der Waals surface area (Å²) < 4.78 is 8.29. The standard InChI is InChI=1S/C17H19N5O3/c1-12-8-13(2)22(20-12)6-5-18-16(23)10-21-11-19-14(9-17(21)24)15-4-3-7-25-15/h3-4,7-9,11H,5-6,10H2,1-2H3,(H,18,23). The number of aryl methyl sites for hydroxylation is 2. The van der Waals surface area contributed by atoms with Gasteiger partial charge in [0.15, 0.2) is 5.76 Å². The van der Waals surface area contributed by atoms with Crippen LogP contribution in [-0.4, -0.2) is 31.8 Å². The maximum absolute atomic E-state index is 12.1. The second kappa shape index (κ2) is 7.16. The van der Waals surface area contributed by atoms with E-state index in [-0.39, 0.29) is 18.0 Å². The lowest BCUT2D eigenvalue weighted by Gasteiger charge is -2.08. The van der Waals surface area contributed by atoms with Gasteiger partial charge in [0, 0.05) is 18.3 Å². The second-order valence-electron chi connectivity index (χ2n) is 5.72. The monoisotopic (exact) mass is 341 g/mol. The summed E-state index contributed by atoms with van der Waals surface area (Å²) in [6.45, 7) is 4.83. The van der Waals surface area contributed by atoms with Crippen LogP contribution in [0.3, 0.4) is 0 Å². The fourth-order valence-electron chi connectivity index (χ4n) is 2.52. The molecule has 0 aliphatic heterocycles. The summed E-state index contributed by atoms with van der Waals surface area (Å²) >= 11 is 0. The van der Waals surface area contributed by atoms with E-state index in [1.54, 1.807) is 12.1 Å². The number of hydrogen-bond acceptors (Lipinski definition) is 5. The second-order valence-corrected chi connectivity index (χ2v) is 5.72. The van der Waals surface area contributed by atoms with Crippen LogP contribution in [0.2, 0.25) is 0 Å². The van der Waals surface area contributed by atoms with Gasteiger partial charge in [0.1, 0.15) is 12.2 Å². The van der Waals surface area contributed by atoms with E-state index in [2.05, 4.69) is 15.4 Å². The molecule has 8 heteroatoms. The van der Waals surface area contributed by atoms with Crippen LogP contribution in [0.1, 0.15) is 11.4 Å². The maximum atomic E-state index is 12.1. The van der Waals surface area contributed by atoms with Crippen molar-refractivity contribution < 1.29 is 9.21 Å². The van der Waals surface area contributed by atoms with E-state index < -0.39 is 0 Å². The number of carbonyl (C=O) groups excluding carboxylic acids is 1. The van der Waals surface area contributed by atoms with Crippen molar-refractivity contribution in [2.75, 3.05) is 6.54 Å². The normalized spacial score (nSPS) is 10.8. The molecule has 0 radical (unpaired) electrons. The molecule has 0 aliphatic carbocycles. The van der Waals surface area contributed by atoms with Gasteiger partial charge in [-0.2, -0.15) is 5.10 Å². The smallest absolute Gasteiger partial charge is 0.254 e. The van der Waals surface area contributed by atoms with Crippen LogP contribution in [0.15, 0.2) is 46.1 Å². The van der Waals surface area contributed by atoms with Gasteiger partial charge >= 0.3 is 0 Å². The van der Waals surface area contributed by atoms with Crippen LogP contribution < -0.4 is 10.9 Å². The van der Waals surface area contributed by atoms with Gasteiger partial charge < -0.3 is 9.73 Å². The third-order valence-electron chi connectivity index (χ3n) is 3.72. The molecule has 25 heavy (non-hydrogen) atoms. The number of aromatic nitrogens is 4. The van der Waals surface area contributed by atoms with Crippen molar-refractivity contribution in [2.45, 2.75) is 26.9 Å². The van der Waals surface area contributed by atoms with Gasteiger partial charge in [0.05, 0.1) is 24.8 Å². The highest BCUT2D eigenvalue weighted by Gasteiger charge is 2.08. The van der Waals surface area contributed by atoms with Crippen molar-refractivity contribution in [1.82, 2.24) is 24.6 Å². The first kappa shape index (κ1) is 16.7. The van der Waals surface area contributed by atoms with Crippen LogP contribution in [0.5, 0.6) is 0 Å². The molecule has 3 aromatic rings. The van der Waals surface area contributed by atoms with E-state index in [1.165, 1.54) is 23.2 Å². The van der Waals surface area contributed by atoms with Gasteiger partial charge in [-0.05, 0) is 32.0 Å². The fourth-order valence-corrected chi connectivity index (χ4v) is 2.52. The molecule has 0 saturated carbocycles. The summed E-state index contributed by atoms with van der Waals surface area (Å²) in [6.07, 6.45) is 2.86. The molecule has 3 heterocycles. The predicted molar refractivity (Wildman–Crippen MR) is 90.9 cm³/mol. The first-order chi connectivity index (χ1) is 12.0. The number of hydrogen-bond donors (Lipinski definition) is 1. The predicted octanol–water partition coefficient (Wildman–Crippen LogP) is 1.13. The van der Waals surface area contributed by atoms with Crippen molar-refractivity contribution in [3.63, 3.8) is 0 Å². The lowest BCUT2D eigenvalue weighted by atomic mass is 10.3. The van der Waals surface area contributed by atoms with Crippen LogP contribution >= 0.6 is 0 Å². The third-order valence-corrected chi connectivity index (χ3v) is 3.72. The molecule has 0 unspecified atom stereocenters. The summed E-state index contributed by atoms with van der Waals surface area (Å²) in [6, 6.07) is 6.77. The van der Waals surface area contributed by atoms with Crippen molar-refractivity contribution in [1.29, 1.82) is 0 Å². The van der Waals surface area contributed by atoms with E-state index in [0.717, 1.165) is 11.4 Å². The molecule has 0 aromatic carbocycles. The zero-order chi connectivity index (χ0) is 17.8. The van der Waals surface area contributed by atoms with Gasteiger partial charge in [-0.3, -0.25) is 18.8 Å². The molecule has 0 aliphatic rings. The van der Waals surface area contributed by atoms with E-state index >= 15 is 0 Å². The van der Waals surface area contributed by atoms with Crippen LogP contribution in [0.4, 0.5) is 0 Å². The lowest BCUT2D eigenvalue weighted by molar-refractivity contribution is -0.121. The van der Waals surface area contributed by atoms with Crippen LogP contribution in [0, 0.1) is 13.8 Å². The number of furan rings is 1. The Labute approximate surface area is 144 Å². The maximum Gasteiger partial charge on any atom is 0.254 e. The minimum absolute atomic E-state index is 0.0820. The van der Waals surface area contributed by atoms with Crippen molar-refractivity contribution >= 4 is 5.91 Å². The topological polar surface area (TPSA) is 95.0 Å². The molecule has 1 amide bonds. The minimum Gasteiger partial charge on any atom is -0.463 e. The molecule has 3 rings (SSSR count). The molecular weight excluding hydrogens is 322 g/mol. The summed E-state index contributed by atoms with van der Waals surface area (Å²) in [5, 5.41) is 7.11. The largest absolute Gasteiger partial charge is 0.463 e. The van der Waals surface area contributed by atoms with Gasteiger partial charge in [-0.25, -0.2) is 4.98 Å². The Kier molecular flexibility index (Phi) is 4.78. The Bertz CT molecular complexity index is 924. The Morgan fingerprint density at radius 1 is 1.32 bits per heavy atom. The Morgan fingerprint density at radius 2 is 2.16 bits per heavy atom. The van der Waals surface area contributed by atoms with E-state index in [9.17, 15) is 9.59 Å². The zero-order valence-electron chi connectivity index (χ0n) is 14.1. The average Bonchev–Trinajstić information content (AvgIpc) is 3.19. The molecule has 0 atom stereocenters. The molecule has 0 spiro atoms. The number of nitrogens with one attached hydrogen (secondary N) is 1. The first-order valence-corrected chi connectivity index (χ1v) is 7.91. The number of nitrogens with zero attached hydrogens (tertiary/aromatic N) is 4. The summed E-state index contributed by atoms with van der Waals surface area (Å²) in [4.78, 5) is 28.3. The molecule has 0 bridgehead atoms. The molecule has 130 valence electrons. The van der Waals surface area contributed by atoms with E-state index in [0.29, 0.717) is 24.5 Å². The summed E-state index contributed by atoms with van der Waals surface area (Å²) in [5.41, 5.74) is 2.12. The minimum atomic E-state index is -0.310. The van der Waals surface area contributed by atoms with Crippen LogP contribution in [-0.2, 0) is 17.9 Å². The van der Waals surface area contributed by atoms with Gasteiger partial charge in [0.25, 0.3) is 5.56 Å². The number of rotatable bonds is 6. The van der Waals surface area contributed by atoms with Crippen molar-refractivity contribution in [3.8, 4) is 11.5 Å². The van der Waals surface area contributed by atoms with E-state index in [4.69, 9.17) is 4.42 Å². The average molecular weight is 341 g/mol. The van der Waals surface area contributed by atoms with E-state index in [1.807, 2.05) is 24.6 Å². The lowest BCUT2D eigenvalue weighted by Crippen LogP contribution is -2.34. The highest BCUT2D eigenvalue weighted by Crippen LogP contribution is 2.14. The highest BCUT2D eigenvalue weighted by molar-refractivity contribution is 5.75. The van der Waals surface area contributed by atoms with Crippen LogP contribution in [0.25, 0.3) is 11.5 Å². The van der Waals surface area contributed by atoms with Gasteiger partial charge in [-0.1, -0.05) is 0 Å². The summed E-state index contributed by atoms with van der Waals surface area (Å²) in [7, 11) is 0. The Balaban J connectivity index is 1.56. The molecule has 3 aromatic heterocycles. The molecule has 0 fully saturated rings. The Hall–Kier alpha value is -3.16. The zero-order valence-corrected chi connectivity index (χ0v) is 14.1. The molecular formula is C17H19N5O3. The number of carbonyl (C=O) groups is 1. The first-order valence-electron chi connectivity index (χ1n) is 7.91.